The number of rotatable bonds is 17. The molecule has 2 N–H and O–H groups in total. The molecule has 186 valence electrons. The zero-order valence-corrected chi connectivity index (χ0v) is 21.5. The van der Waals surface area contributed by atoms with Gasteiger partial charge in [0, 0.05) is 5.41 Å². The zero-order valence-electron chi connectivity index (χ0n) is 20.7. The van der Waals surface area contributed by atoms with Crippen LogP contribution in [-0.4, -0.2) is 33.7 Å². The largest absolute Gasteiger partial charge is 0.481 e. The van der Waals surface area contributed by atoms with Gasteiger partial charge in [-0.05, 0) is 55.2 Å². The van der Waals surface area contributed by atoms with Gasteiger partial charge in [-0.25, -0.2) is 0 Å². The van der Waals surface area contributed by atoms with Crippen molar-refractivity contribution in [3.63, 3.8) is 0 Å². The molecule has 0 bridgehead atoms. The fourth-order valence-corrected chi connectivity index (χ4v) is 5.57. The average Bonchev–Trinajstić information content (AvgIpc) is 2.83. The summed E-state index contributed by atoms with van der Waals surface area (Å²) in [5, 5.41) is 19.1. The SMILES string of the molecule is CC(CCCCCSCCCCCC(C)(C(=O)O)c1ccccc1)(CC(=O)O)c1ccccc1. The lowest BCUT2D eigenvalue weighted by Crippen LogP contribution is -2.32. The van der Waals surface area contributed by atoms with Gasteiger partial charge in [-0.2, -0.15) is 11.8 Å². The van der Waals surface area contributed by atoms with Gasteiger partial charge in [0.25, 0.3) is 0 Å². The van der Waals surface area contributed by atoms with Crippen LogP contribution in [0.15, 0.2) is 60.7 Å². The van der Waals surface area contributed by atoms with Gasteiger partial charge >= 0.3 is 11.9 Å². The quantitative estimate of drug-likeness (QED) is 0.230. The smallest absolute Gasteiger partial charge is 0.313 e. The molecule has 2 aromatic rings. The van der Waals surface area contributed by atoms with E-state index in [1.54, 1.807) is 0 Å². The lowest BCUT2D eigenvalue weighted by atomic mass is 9.75. The van der Waals surface area contributed by atoms with Crippen molar-refractivity contribution in [1.29, 1.82) is 0 Å². The molecule has 0 heterocycles. The van der Waals surface area contributed by atoms with Crippen LogP contribution in [0, 0.1) is 0 Å². The molecule has 2 aromatic carbocycles. The van der Waals surface area contributed by atoms with Gasteiger partial charge in [-0.15, -0.1) is 0 Å². The molecule has 2 unspecified atom stereocenters. The van der Waals surface area contributed by atoms with E-state index in [0.29, 0.717) is 6.42 Å². The Balaban J connectivity index is 1.59. The molecule has 0 saturated heterocycles. The van der Waals surface area contributed by atoms with Gasteiger partial charge in [-0.3, -0.25) is 9.59 Å². The molecule has 0 spiro atoms. The second kappa shape index (κ2) is 14.2. The van der Waals surface area contributed by atoms with Crippen molar-refractivity contribution in [3.8, 4) is 0 Å². The summed E-state index contributed by atoms with van der Waals surface area (Å²) in [5.74, 6) is 0.738. The van der Waals surface area contributed by atoms with Crippen LogP contribution in [-0.2, 0) is 20.4 Å². The van der Waals surface area contributed by atoms with Crippen molar-refractivity contribution in [1.82, 2.24) is 0 Å². The van der Waals surface area contributed by atoms with Crippen LogP contribution < -0.4 is 0 Å². The fraction of sp³-hybridized carbons (Fsp3) is 0.517. The molecule has 5 heteroatoms. The highest BCUT2D eigenvalue weighted by molar-refractivity contribution is 7.99. The summed E-state index contributed by atoms with van der Waals surface area (Å²) in [6.07, 6.45) is 8.08. The van der Waals surface area contributed by atoms with Crippen LogP contribution in [0.5, 0.6) is 0 Å². The maximum atomic E-state index is 11.9. The van der Waals surface area contributed by atoms with E-state index < -0.39 is 17.4 Å². The highest BCUT2D eigenvalue weighted by atomic mass is 32.2. The van der Waals surface area contributed by atoms with Crippen LogP contribution >= 0.6 is 11.8 Å². The third kappa shape index (κ3) is 8.83. The Morgan fingerprint density at radius 3 is 1.71 bits per heavy atom. The van der Waals surface area contributed by atoms with Crippen LogP contribution in [0.3, 0.4) is 0 Å². The molecular weight excluding hydrogens is 444 g/mol. The second-order valence-electron chi connectivity index (χ2n) is 9.73. The number of hydrogen-bond donors (Lipinski definition) is 2. The van der Waals surface area contributed by atoms with Gasteiger partial charge in [0.15, 0.2) is 0 Å². The summed E-state index contributed by atoms with van der Waals surface area (Å²) < 4.78 is 0. The molecule has 0 saturated carbocycles. The Kier molecular flexibility index (Phi) is 11.7. The molecule has 2 rings (SSSR count). The van der Waals surface area contributed by atoms with Crippen molar-refractivity contribution in [2.75, 3.05) is 11.5 Å². The Morgan fingerprint density at radius 1 is 0.706 bits per heavy atom. The molecule has 0 aliphatic rings. The van der Waals surface area contributed by atoms with Crippen LogP contribution in [0.2, 0.25) is 0 Å². The number of unbranched alkanes of at least 4 members (excludes halogenated alkanes) is 4. The van der Waals surface area contributed by atoms with Crippen LogP contribution in [0.25, 0.3) is 0 Å². The highest BCUT2D eigenvalue weighted by Crippen LogP contribution is 2.34. The summed E-state index contributed by atoms with van der Waals surface area (Å²) in [7, 11) is 0. The Labute approximate surface area is 209 Å². The summed E-state index contributed by atoms with van der Waals surface area (Å²) in [5.41, 5.74) is 0.856. The lowest BCUT2D eigenvalue weighted by Gasteiger charge is -2.28. The molecule has 2 atom stereocenters. The first kappa shape index (κ1) is 28.0. The predicted molar refractivity (Wildman–Crippen MR) is 142 cm³/mol. The fourth-order valence-electron chi connectivity index (χ4n) is 4.55. The third-order valence-corrected chi connectivity index (χ3v) is 8.03. The number of carboxylic acid groups (broad SMARTS) is 2. The monoisotopic (exact) mass is 484 g/mol. The molecule has 0 radical (unpaired) electrons. The summed E-state index contributed by atoms with van der Waals surface area (Å²) in [6.45, 7) is 3.90. The molecule has 0 aromatic heterocycles. The maximum absolute atomic E-state index is 11.9. The van der Waals surface area contributed by atoms with Crippen molar-refractivity contribution in [3.05, 3.63) is 71.8 Å². The van der Waals surface area contributed by atoms with E-state index >= 15 is 0 Å². The molecular formula is C29H40O4S. The molecule has 34 heavy (non-hydrogen) atoms. The van der Waals surface area contributed by atoms with Gasteiger partial charge < -0.3 is 10.2 Å². The third-order valence-electron chi connectivity index (χ3n) is 6.88. The number of carboxylic acids is 2. The Morgan fingerprint density at radius 2 is 1.21 bits per heavy atom. The standard InChI is InChI=1S/C29H40O4S/c1-28(23-26(30)31,24-15-7-3-8-16-24)19-11-5-13-21-34-22-14-6-12-20-29(2,27(32)33)25-17-9-4-10-18-25/h3-4,7-10,15-18H,5-6,11-14,19-23H2,1-2H3,(H,30,31)(H,32,33). The zero-order chi connectivity index (χ0) is 24.9. The minimum absolute atomic E-state index is 0.164. The minimum Gasteiger partial charge on any atom is -0.481 e. The molecule has 4 nitrogen and oxygen atoms in total. The van der Waals surface area contributed by atoms with Crippen molar-refractivity contribution >= 4 is 23.7 Å². The lowest BCUT2D eigenvalue weighted by molar-refractivity contribution is -0.143. The van der Waals surface area contributed by atoms with Gasteiger partial charge in [-0.1, -0.05) is 93.3 Å². The van der Waals surface area contributed by atoms with Crippen molar-refractivity contribution < 1.29 is 19.8 Å². The summed E-state index contributed by atoms with van der Waals surface area (Å²) >= 11 is 1.97. The van der Waals surface area contributed by atoms with E-state index in [-0.39, 0.29) is 11.8 Å². The van der Waals surface area contributed by atoms with Gasteiger partial charge in [0.2, 0.25) is 0 Å². The topological polar surface area (TPSA) is 74.6 Å². The van der Waals surface area contributed by atoms with Crippen molar-refractivity contribution in [2.45, 2.75) is 82.5 Å². The van der Waals surface area contributed by atoms with E-state index in [1.165, 1.54) is 0 Å². The highest BCUT2D eigenvalue weighted by Gasteiger charge is 2.34. The van der Waals surface area contributed by atoms with E-state index in [9.17, 15) is 19.8 Å². The molecule has 0 aliphatic heterocycles. The number of aliphatic carboxylic acids is 2. The normalized spacial score (nSPS) is 14.8. The van der Waals surface area contributed by atoms with E-state index in [2.05, 4.69) is 6.92 Å². The Hall–Kier alpha value is -2.27. The first-order valence-corrected chi connectivity index (χ1v) is 13.6. The Bertz CT molecular complexity index is 870. The van der Waals surface area contributed by atoms with Gasteiger partial charge in [0.05, 0.1) is 11.8 Å². The number of thioether (sulfide) groups is 1. The second-order valence-corrected chi connectivity index (χ2v) is 11.0. The predicted octanol–water partition coefficient (Wildman–Crippen LogP) is 7.32. The van der Waals surface area contributed by atoms with E-state index in [4.69, 9.17) is 0 Å². The molecule has 0 amide bonds. The maximum Gasteiger partial charge on any atom is 0.313 e. The van der Waals surface area contributed by atoms with Crippen LogP contribution in [0.1, 0.15) is 82.8 Å². The van der Waals surface area contributed by atoms with E-state index in [0.717, 1.165) is 67.6 Å². The summed E-state index contributed by atoms with van der Waals surface area (Å²) in [6, 6.07) is 19.6. The summed E-state index contributed by atoms with van der Waals surface area (Å²) in [4.78, 5) is 23.3. The average molecular weight is 485 g/mol. The van der Waals surface area contributed by atoms with Crippen molar-refractivity contribution in [2.24, 2.45) is 0 Å². The number of carbonyl (C=O) groups is 2. The van der Waals surface area contributed by atoms with Gasteiger partial charge in [0.1, 0.15) is 0 Å². The molecule has 0 fully saturated rings. The number of benzene rings is 2. The first-order chi connectivity index (χ1) is 16.3. The molecule has 0 aliphatic carbocycles. The van der Waals surface area contributed by atoms with E-state index in [1.807, 2.05) is 79.3 Å². The number of hydrogen-bond acceptors (Lipinski definition) is 3. The first-order valence-electron chi connectivity index (χ1n) is 12.4. The minimum atomic E-state index is -0.816. The van der Waals surface area contributed by atoms with Crippen LogP contribution in [0.4, 0.5) is 0 Å².